The molecule has 1 aromatic heterocycles. The number of hydrogen-bond acceptors (Lipinski definition) is 1. The third-order valence-electron chi connectivity index (χ3n) is 4.17. The number of rotatable bonds is 6. The molecule has 0 spiro atoms. The van der Waals surface area contributed by atoms with Crippen LogP contribution in [0.2, 0.25) is 0 Å². The second-order valence-electron chi connectivity index (χ2n) is 5.63. The highest BCUT2D eigenvalue weighted by Crippen LogP contribution is 2.24. The first-order valence-corrected chi connectivity index (χ1v) is 7.95. The monoisotopic (exact) mass is 290 g/mol. The van der Waals surface area contributed by atoms with Crippen LogP contribution in [0.15, 0.2) is 73.1 Å². The van der Waals surface area contributed by atoms with Gasteiger partial charge in [0.2, 0.25) is 0 Å². The van der Waals surface area contributed by atoms with Gasteiger partial charge in [0, 0.05) is 25.4 Å². The van der Waals surface area contributed by atoms with Crippen molar-refractivity contribution >= 4 is 0 Å². The van der Waals surface area contributed by atoms with Crippen LogP contribution in [0.3, 0.4) is 0 Å². The number of aryl methyl sites for hydroxylation is 1. The first-order chi connectivity index (χ1) is 10.9. The van der Waals surface area contributed by atoms with E-state index in [9.17, 15) is 0 Å². The maximum Gasteiger partial charge on any atom is 0.109 e. The van der Waals surface area contributed by atoms with Gasteiger partial charge >= 0.3 is 0 Å². The lowest BCUT2D eigenvalue weighted by Gasteiger charge is -2.18. The molecule has 2 aromatic carbocycles. The summed E-state index contributed by atoms with van der Waals surface area (Å²) in [5.41, 5.74) is 2.77. The number of hydrogen-bond donors (Lipinski definition) is 0. The molecule has 0 saturated carbocycles. The summed E-state index contributed by atoms with van der Waals surface area (Å²) in [5.74, 6) is 1.63. The SMILES string of the molecule is CCn1ccnc1CC(Cc1ccccc1)c1ccccc1. The second-order valence-corrected chi connectivity index (χ2v) is 5.63. The Morgan fingerprint density at radius 3 is 2.27 bits per heavy atom. The lowest BCUT2D eigenvalue weighted by molar-refractivity contribution is 0.609. The van der Waals surface area contributed by atoms with Gasteiger partial charge in [0.05, 0.1) is 0 Å². The molecule has 2 heteroatoms. The molecule has 0 aliphatic carbocycles. The highest BCUT2D eigenvalue weighted by atomic mass is 15.0. The van der Waals surface area contributed by atoms with Crippen molar-refractivity contribution in [3.63, 3.8) is 0 Å². The zero-order valence-corrected chi connectivity index (χ0v) is 13.0. The van der Waals surface area contributed by atoms with Gasteiger partial charge in [0.15, 0.2) is 0 Å². The van der Waals surface area contributed by atoms with Gasteiger partial charge in [0.25, 0.3) is 0 Å². The van der Waals surface area contributed by atoms with E-state index in [0.717, 1.165) is 19.4 Å². The quantitative estimate of drug-likeness (QED) is 0.655. The molecule has 0 amide bonds. The summed E-state index contributed by atoms with van der Waals surface area (Å²) in [6.07, 6.45) is 5.99. The minimum Gasteiger partial charge on any atom is -0.335 e. The first kappa shape index (κ1) is 14.6. The zero-order valence-electron chi connectivity index (χ0n) is 13.0. The molecular weight excluding hydrogens is 268 g/mol. The Balaban J connectivity index is 1.86. The number of nitrogens with zero attached hydrogens (tertiary/aromatic N) is 2. The zero-order chi connectivity index (χ0) is 15.2. The van der Waals surface area contributed by atoms with Gasteiger partial charge in [-0.05, 0) is 30.4 Å². The lowest BCUT2D eigenvalue weighted by Crippen LogP contribution is -2.11. The Kier molecular flexibility index (Phi) is 4.69. The van der Waals surface area contributed by atoms with Gasteiger partial charge in [-0.25, -0.2) is 4.98 Å². The van der Waals surface area contributed by atoms with Crippen molar-refractivity contribution in [2.24, 2.45) is 0 Å². The molecule has 3 aromatic rings. The van der Waals surface area contributed by atoms with E-state index in [1.54, 1.807) is 0 Å². The summed E-state index contributed by atoms with van der Waals surface area (Å²) >= 11 is 0. The first-order valence-electron chi connectivity index (χ1n) is 7.95. The van der Waals surface area contributed by atoms with Crippen molar-refractivity contribution in [1.82, 2.24) is 9.55 Å². The molecule has 0 saturated heterocycles. The van der Waals surface area contributed by atoms with E-state index in [0.29, 0.717) is 5.92 Å². The van der Waals surface area contributed by atoms with Gasteiger partial charge < -0.3 is 4.57 Å². The van der Waals surface area contributed by atoms with Crippen molar-refractivity contribution in [3.05, 3.63) is 90.0 Å². The predicted octanol–water partition coefficient (Wildman–Crippen LogP) is 4.47. The van der Waals surface area contributed by atoms with Gasteiger partial charge in [-0.1, -0.05) is 60.7 Å². The summed E-state index contributed by atoms with van der Waals surface area (Å²) in [7, 11) is 0. The molecule has 0 aliphatic heterocycles. The number of benzene rings is 2. The Bertz CT molecular complexity index is 686. The van der Waals surface area contributed by atoms with Gasteiger partial charge in [-0.15, -0.1) is 0 Å². The van der Waals surface area contributed by atoms with Crippen LogP contribution < -0.4 is 0 Å². The molecular formula is C20H22N2. The van der Waals surface area contributed by atoms with Gasteiger partial charge in [-0.2, -0.15) is 0 Å². The topological polar surface area (TPSA) is 17.8 Å². The average Bonchev–Trinajstić information content (AvgIpc) is 3.03. The van der Waals surface area contributed by atoms with Crippen molar-refractivity contribution in [1.29, 1.82) is 0 Å². The van der Waals surface area contributed by atoms with Crippen molar-refractivity contribution in [2.45, 2.75) is 32.2 Å². The van der Waals surface area contributed by atoms with Crippen LogP contribution in [-0.2, 0) is 19.4 Å². The summed E-state index contributed by atoms with van der Waals surface area (Å²) < 4.78 is 2.24. The van der Waals surface area contributed by atoms with Crippen LogP contribution in [0.1, 0.15) is 29.8 Å². The van der Waals surface area contributed by atoms with E-state index in [1.807, 2.05) is 6.20 Å². The number of imidazole rings is 1. The van der Waals surface area contributed by atoms with E-state index >= 15 is 0 Å². The van der Waals surface area contributed by atoms with E-state index in [4.69, 9.17) is 0 Å². The molecule has 2 nitrogen and oxygen atoms in total. The molecule has 0 bridgehead atoms. The average molecular weight is 290 g/mol. The van der Waals surface area contributed by atoms with Crippen molar-refractivity contribution in [3.8, 4) is 0 Å². The molecule has 0 aliphatic rings. The Hall–Kier alpha value is -2.35. The fourth-order valence-electron chi connectivity index (χ4n) is 2.97. The fraction of sp³-hybridized carbons (Fsp3) is 0.250. The Morgan fingerprint density at radius 2 is 1.59 bits per heavy atom. The fourth-order valence-corrected chi connectivity index (χ4v) is 2.97. The molecule has 1 atom stereocenters. The van der Waals surface area contributed by atoms with Gasteiger partial charge in [0.1, 0.15) is 5.82 Å². The van der Waals surface area contributed by atoms with Crippen molar-refractivity contribution < 1.29 is 0 Å². The van der Waals surface area contributed by atoms with E-state index in [-0.39, 0.29) is 0 Å². The van der Waals surface area contributed by atoms with Crippen LogP contribution in [0.5, 0.6) is 0 Å². The second kappa shape index (κ2) is 7.08. The van der Waals surface area contributed by atoms with Crippen LogP contribution in [0.4, 0.5) is 0 Å². The molecule has 1 unspecified atom stereocenters. The molecule has 1 heterocycles. The van der Waals surface area contributed by atoms with Crippen LogP contribution in [0.25, 0.3) is 0 Å². The maximum absolute atomic E-state index is 4.56. The molecule has 22 heavy (non-hydrogen) atoms. The van der Waals surface area contributed by atoms with Crippen molar-refractivity contribution in [2.75, 3.05) is 0 Å². The minimum atomic E-state index is 0.455. The largest absolute Gasteiger partial charge is 0.335 e. The minimum absolute atomic E-state index is 0.455. The third-order valence-corrected chi connectivity index (χ3v) is 4.17. The molecule has 0 fully saturated rings. The normalized spacial score (nSPS) is 12.2. The highest BCUT2D eigenvalue weighted by Gasteiger charge is 2.15. The summed E-state index contributed by atoms with van der Waals surface area (Å²) in [6, 6.07) is 21.5. The summed E-state index contributed by atoms with van der Waals surface area (Å²) in [5, 5.41) is 0. The summed E-state index contributed by atoms with van der Waals surface area (Å²) in [4.78, 5) is 4.56. The third kappa shape index (κ3) is 3.45. The van der Waals surface area contributed by atoms with E-state index in [2.05, 4.69) is 83.3 Å². The lowest BCUT2D eigenvalue weighted by atomic mass is 9.89. The molecule has 112 valence electrons. The van der Waals surface area contributed by atoms with Crippen LogP contribution in [-0.4, -0.2) is 9.55 Å². The molecule has 3 rings (SSSR count). The molecule has 0 N–H and O–H groups in total. The van der Waals surface area contributed by atoms with E-state index in [1.165, 1.54) is 17.0 Å². The van der Waals surface area contributed by atoms with Gasteiger partial charge in [-0.3, -0.25) is 0 Å². The standard InChI is InChI=1S/C20H22N2/c1-2-22-14-13-21-20(22)16-19(18-11-7-4-8-12-18)15-17-9-5-3-6-10-17/h3-14,19H,2,15-16H2,1H3. The van der Waals surface area contributed by atoms with Crippen LogP contribution in [0, 0.1) is 0 Å². The van der Waals surface area contributed by atoms with Crippen LogP contribution >= 0.6 is 0 Å². The van der Waals surface area contributed by atoms with E-state index < -0.39 is 0 Å². The Labute approximate surface area is 132 Å². The number of aromatic nitrogens is 2. The smallest absolute Gasteiger partial charge is 0.109 e. The molecule has 0 radical (unpaired) electrons. The highest BCUT2D eigenvalue weighted by molar-refractivity contribution is 5.25. The Morgan fingerprint density at radius 1 is 0.909 bits per heavy atom. The maximum atomic E-state index is 4.56. The summed E-state index contributed by atoms with van der Waals surface area (Å²) in [6.45, 7) is 3.14. The predicted molar refractivity (Wildman–Crippen MR) is 90.9 cm³/mol.